The lowest BCUT2D eigenvalue weighted by Crippen LogP contribution is -2.22. The summed E-state index contributed by atoms with van der Waals surface area (Å²) >= 11 is 0. The van der Waals surface area contributed by atoms with Gasteiger partial charge in [-0.1, -0.05) is 44.2 Å². The van der Waals surface area contributed by atoms with Crippen molar-refractivity contribution in [2.24, 2.45) is 0 Å². The van der Waals surface area contributed by atoms with Gasteiger partial charge in [0.25, 0.3) is 0 Å². The molecule has 2 aromatic carbocycles. The lowest BCUT2D eigenvalue weighted by atomic mass is 10.1. The molecular formula is C21H27NO2. The van der Waals surface area contributed by atoms with Crippen LogP contribution in [-0.2, 0) is 17.9 Å². The third-order valence-corrected chi connectivity index (χ3v) is 4.44. The Labute approximate surface area is 145 Å². The molecule has 3 nitrogen and oxygen atoms in total. The summed E-state index contributed by atoms with van der Waals surface area (Å²) in [6, 6.07) is 13.9. The van der Waals surface area contributed by atoms with E-state index >= 15 is 0 Å². The van der Waals surface area contributed by atoms with Crippen LogP contribution in [-0.4, -0.2) is 24.0 Å². The van der Waals surface area contributed by atoms with Gasteiger partial charge in [0.05, 0.1) is 5.56 Å². The van der Waals surface area contributed by atoms with Crippen LogP contribution in [0.25, 0.3) is 0 Å². The first-order valence-electron chi connectivity index (χ1n) is 8.58. The molecular weight excluding hydrogens is 298 g/mol. The Morgan fingerprint density at radius 1 is 0.917 bits per heavy atom. The fourth-order valence-electron chi connectivity index (χ4n) is 2.55. The second-order valence-corrected chi connectivity index (χ2v) is 6.15. The van der Waals surface area contributed by atoms with Crippen molar-refractivity contribution < 1.29 is 9.53 Å². The molecule has 0 fully saturated rings. The van der Waals surface area contributed by atoms with Gasteiger partial charge in [-0.2, -0.15) is 0 Å². The van der Waals surface area contributed by atoms with Crippen LogP contribution in [0.1, 0.15) is 46.5 Å². The van der Waals surface area contributed by atoms with Crippen molar-refractivity contribution >= 4 is 5.97 Å². The van der Waals surface area contributed by atoms with Crippen LogP contribution in [0.4, 0.5) is 0 Å². The number of carbonyl (C=O) groups is 1. The average molecular weight is 325 g/mol. The molecule has 0 atom stereocenters. The molecule has 0 aliphatic heterocycles. The van der Waals surface area contributed by atoms with E-state index in [0.717, 1.165) is 30.8 Å². The van der Waals surface area contributed by atoms with Gasteiger partial charge in [0, 0.05) is 6.54 Å². The van der Waals surface area contributed by atoms with Crippen molar-refractivity contribution in [1.29, 1.82) is 0 Å². The van der Waals surface area contributed by atoms with Gasteiger partial charge in [0.15, 0.2) is 0 Å². The van der Waals surface area contributed by atoms with E-state index in [1.54, 1.807) is 0 Å². The smallest absolute Gasteiger partial charge is 0.338 e. The van der Waals surface area contributed by atoms with Crippen molar-refractivity contribution in [2.75, 3.05) is 13.1 Å². The zero-order chi connectivity index (χ0) is 17.5. The van der Waals surface area contributed by atoms with Crippen LogP contribution in [0.3, 0.4) is 0 Å². The normalized spacial score (nSPS) is 10.9. The lowest BCUT2D eigenvalue weighted by molar-refractivity contribution is 0.0472. The number of nitrogens with zero attached hydrogens (tertiary/aromatic N) is 1. The first-order chi connectivity index (χ1) is 11.5. The molecule has 0 heterocycles. The molecule has 0 bridgehead atoms. The predicted octanol–water partition coefficient (Wildman–Crippen LogP) is 4.50. The molecule has 0 unspecified atom stereocenters. The fourth-order valence-corrected chi connectivity index (χ4v) is 2.55. The highest BCUT2D eigenvalue weighted by Gasteiger charge is 2.08. The summed E-state index contributed by atoms with van der Waals surface area (Å²) in [5.74, 6) is -0.273. The Morgan fingerprint density at radius 3 is 2.12 bits per heavy atom. The number of esters is 1. The zero-order valence-electron chi connectivity index (χ0n) is 15.1. The van der Waals surface area contributed by atoms with Crippen LogP contribution in [0, 0.1) is 13.8 Å². The molecule has 2 aromatic rings. The Morgan fingerprint density at radius 2 is 1.54 bits per heavy atom. The van der Waals surface area contributed by atoms with Gasteiger partial charge in [-0.05, 0) is 61.3 Å². The minimum atomic E-state index is -0.273. The van der Waals surface area contributed by atoms with Crippen LogP contribution in [0.15, 0.2) is 42.5 Å². The predicted molar refractivity (Wildman–Crippen MR) is 98.1 cm³/mol. The molecule has 0 amide bonds. The highest BCUT2D eigenvalue weighted by atomic mass is 16.5. The van der Waals surface area contributed by atoms with Crippen molar-refractivity contribution in [3.63, 3.8) is 0 Å². The highest BCUT2D eigenvalue weighted by molar-refractivity contribution is 5.89. The molecule has 128 valence electrons. The van der Waals surface area contributed by atoms with Gasteiger partial charge < -0.3 is 4.74 Å². The third-order valence-electron chi connectivity index (χ3n) is 4.44. The Hall–Kier alpha value is -2.13. The number of aryl methyl sites for hydroxylation is 2. The van der Waals surface area contributed by atoms with Crippen molar-refractivity contribution in [2.45, 2.75) is 40.8 Å². The maximum absolute atomic E-state index is 12.1. The molecule has 0 aromatic heterocycles. The van der Waals surface area contributed by atoms with E-state index in [1.807, 2.05) is 44.2 Å². The summed E-state index contributed by atoms with van der Waals surface area (Å²) < 4.78 is 5.42. The SMILES string of the molecule is CCN(CC)Cc1ccc(COC(=O)c2ccc(C)c(C)c2)cc1. The molecule has 0 radical (unpaired) electrons. The lowest BCUT2D eigenvalue weighted by Gasteiger charge is -2.18. The Kier molecular flexibility index (Phi) is 6.56. The van der Waals surface area contributed by atoms with Crippen molar-refractivity contribution in [3.05, 3.63) is 70.3 Å². The molecule has 0 saturated carbocycles. The number of hydrogen-bond acceptors (Lipinski definition) is 3. The molecule has 24 heavy (non-hydrogen) atoms. The molecule has 2 rings (SSSR count). The van der Waals surface area contributed by atoms with E-state index in [2.05, 4.69) is 30.9 Å². The number of rotatable bonds is 7. The maximum Gasteiger partial charge on any atom is 0.338 e. The fraction of sp³-hybridized carbons (Fsp3) is 0.381. The van der Waals surface area contributed by atoms with E-state index in [4.69, 9.17) is 4.74 Å². The molecule has 0 aliphatic rings. The molecule has 3 heteroatoms. The molecule has 0 N–H and O–H groups in total. The van der Waals surface area contributed by atoms with E-state index in [-0.39, 0.29) is 5.97 Å². The van der Waals surface area contributed by atoms with Crippen LogP contribution < -0.4 is 0 Å². The molecule has 0 spiro atoms. The molecule has 0 aliphatic carbocycles. The van der Waals surface area contributed by atoms with Gasteiger partial charge >= 0.3 is 5.97 Å². The quantitative estimate of drug-likeness (QED) is 0.702. The number of hydrogen-bond donors (Lipinski definition) is 0. The standard InChI is InChI=1S/C21H27NO2/c1-5-22(6-2)14-18-8-10-19(11-9-18)15-24-21(23)20-12-7-16(3)17(4)13-20/h7-13H,5-6,14-15H2,1-4H3. The average Bonchev–Trinajstić information content (AvgIpc) is 2.61. The summed E-state index contributed by atoms with van der Waals surface area (Å²) in [7, 11) is 0. The first-order valence-corrected chi connectivity index (χ1v) is 8.58. The Balaban J connectivity index is 1.91. The Bertz CT molecular complexity index is 673. The van der Waals surface area contributed by atoms with E-state index < -0.39 is 0 Å². The third kappa shape index (κ3) is 4.93. The minimum absolute atomic E-state index is 0.273. The van der Waals surface area contributed by atoms with Crippen molar-refractivity contribution in [3.8, 4) is 0 Å². The second-order valence-electron chi connectivity index (χ2n) is 6.15. The van der Waals surface area contributed by atoms with Gasteiger partial charge in [-0.15, -0.1) is 0 Å². The van der Waals surface area contributed by atoms with Crippen LogP contribution in [0.5, 0.6) is 0 Å². The monoisotopic (exact) mass is 325 g/mol. The minimum Gasteiger partial charge on any atom is -0.457 e. The number of ether oxygens (including phenoxy) is 1. The van der Waals surface area contributed by atoms with Crippen LogP contribution in [0.2, 0.25) is 0 Å². The highest BCUT2D eigenvalue weighted by Crippen LogP contribution is 2.13. The van der Waals surface area contributed by atoms with Gasteiger partial charge in [0.1, 0.15) is 6.61 Å². The van der Waals surface area contributed by atoms with Gasteiger partial charge in [-0.25, -0.2) is 4.79 Å². The summed E-state index contributed by atoms with van der Waals surface area (Å²) in [6.45, 7) is 11.7. The van der Waals surface area contributed by atoms with Crippen molar-refractivity contribution in [1.82, 2.24) is 4.90 Å². The molecule has 0 saturated heterocycles. The summed E-state index contributed by atoms with van der Waals surface area (Å²) in [6.07, 6.45) is 0. The van der Waals surface area contributed by atoms with Crippen LogP contribution >= 0.6 is 0 Å². The second kappa shape index (κ2) is 8.65. The van der Waals surface area contributed by atoms with E-state index in [1.165, 1.54) is 11.1 Å². The summed E-state index contributed by atoms with van der Waals surface area (Å²) in [4.78, 5) is 14.5. The largest absolute Gasteiger partial charge is 0.457 e. The first kappa shape index (κ1) is 18.2. The van der Waals surface area contributed by atoms with Gasteiger partial charge in [-0.3, -0.25) is 4.90 Å². The topological polar surface area (TPSA) is 29.5 Å². The summed E-state index contributed by atoms with van der Waals surface area (Å²) in [5.41, 5.74) is 5.18. The number of benzene rings is 2. The van der Waals surface area contributed by atoms with E-state index in [9.17, 15) is 4.79 Å². The van der Waals surface area contributed by atoms with E-state index in [0.29, 0.717) is 12.2 Å². The maximum atomic E-state index is 12.1. The summed E-state index contributed by atoms with van der Waals surface area (Å²) in [5, 5.41) is 0. The number of carbonyl (C=O) groups excluding carboxylic acids is 1. The zero-order valence-corrected chi connectivity index (χ0v) is 15.1. The van der Waals surface area contributed by atoms with Gasteiger partial charge in [0.2, 0.25) is 0 Å².